The van der Waals surface area contributed by atoms with Crippen LogP contribution in [0.1, 0.15) is 5.56 Å². The Bertz CT molecular complexity index is 1380. The molecule has 0 aromatic heterocycles. The van der Waals surface area contributed by atoms with Crippen molar-refractivity contribution in [3.05, 3.63) is 89.5 Å². The van der Waals surface area contributed by atoms with Gasteiger partial charge in [-0.15, -0.1) is 0 Å². The lowest BCUT2D eigenvalue weighted by Gasteiger charge is -2.25. The average Bonchev–Trinajstić information content (AvgIpc) is 2.87. The number of halogens is 1. The molecule has 2 amide bonds. The SMILES string of the molecule is O=C(/C=C/c1ccc(S(=O)(=O)Nc2ccccc2Cl)cc1)NNC(=O)[C@H]1COc2ccccc2O1. The molecule has 3 N–H and O–H groups in total. The van der Waals surface area contributed by atoms with Crippen LogP contribution in [0.5, 0.6) is 11.5 Å². The number of fused-ring (bicyclic) bond motifs is 1. The number of para-hydroxylation sites is 3. The monoisotopic (exact) mass is 513 g/mol. The minimum Gasteiger partial charge on any atom is -0.485 e. The van der Waals surface area contributed by atoms with Crippen LogP contribution in [0.25, 0.3) is 6.08 Å². The first kappa shape index (κ1) is 24.1. The number of rotatable bonds is 6. The fourth-order valence-corrected chi connectivity index (χ4v) is 4.39. The van der Waals surface area contributed by atoms with Crippen LogP contribution in [0, 0.1) is 0 Å². The zero-order valence-corrected chi connectivity index (χ0v) is 19.7. The number of hydrogen-bond donors (Lipinski definition) is 3. The van der Waals surface area contributed by atoms with E-state index in [-0.39, 0.29) is 22.2 Å². The van der Waals surface area contributed by atoms with Crippen molar-refractivity contribution in [1.82, 2.24) is 10.9 Å². The number of nitrogens with one attached hydrogen (secondary N) is 3. The molecule has 0 unspecified atom stereocenters. The summed E-state index contributed by atoms with van der Waals surface area (Å²) in [6.07, 6.45) is 1.75. The molecule has 4 rings (SSSR count). The number of hydrogen-bond acceptors (Lipinski definition) is 6. The Kier molecular flexibility index (Phi) is 7.23. The van der Waals surface area contributed by atoms with Gasteiger partial charge in [0.1, 0.15) is 6.61 Å². The van der Waals surface area contributed by atoms with E-state index in [4.69, 9.17) is 21.1 Å². The summed E-state index contributed by atoms with van der Waals surface area (Å²) in [7, 11) is -3.84. The van der Waals surface area contributed by atoms with E-state index in [0.29, 0.717) is 17.1 Å². The first-order valence-corrected chi connectivity index (χ1v) is 12.2. The number of carbonyl (C=O) groups is 2. The lowest BCUT2D eigenvalue weighted by Crippen LogP contribution is -2.50. The smallest absolute Gasteiger partial charge is 0.283 e. The Hall–Kier alpha value is -4.02. The second kappa shape index (κ2) is 10.5. The van der Waals surface area contributed by atoms with Crippen molar-refractivity contribution in [2.75, 3.05) is 11.3 Å². The maximum Gasteiger partial charge on any atom is 0.283 e. The van der Waals surface area contributed by atoms with E-state index in [1.54, 1.807) is 48.5 Å². The molecular weight excluding hydrogens is 494 g/mol. The molecule has 0 spiro atoms. The molecule has 1 aliphatic rings. The van der Waals surface area contributed by atoms with E-state index in [2.05, 4.69) is 15.6 Å². The lowest BCUT2D eigenvalue weighted by atomic mass is 10.2. The Morgan fingerprint density at radius 2 is 1.60 bits per heavy atom. The zero-order chi connectivity index (χ0) is 24.8. The molecule has 11 heteroatoms. The van der Waals surface area contributed by atoms with Crippen LogP contribution in [0.15, 0.2) is 83.8 Å². The first-order chi connectivity index (χ1) is 16.8. The van der Waals surface area contributed by atoms with Gasteiger partial charge < -0.3 is 9.47 Å². The van der Waals surface area contributed by atoms with Gasteiger partial charge in [-0.25, -0.2) is 8.42 Å². The fraction of sp³-hybridized carbons (Fsp3) is 0.0833. The molecule has 1 heterocycles. The number of anilines is 1. The summed E-state index contributed by atoms with van der Waals surface area (Å²) in [5.41, 5.74) is 5.39. The van der Waals surface area contributed by atoms with E-state index in [1.165, 1.54) is 36.4 Å². The largest absolute Gasteiger partial charge is 0.485 e. The number of hydrazine groups is 1. The highest BCUT2D eigenvalue weighted by Gasteiger charge is 2.27. The zero-order valence-electron chi connectivity index (χ0n) is 18.1. The Balaban J connectivity index is 1.29. The summed E-state index contributed by atoms with van der Waals surface area (Å²) in [6, 6.07) is 19.3. The molecule has 0 aliphatic carbocycles. The predicted molar refractivity (Wildman–Crippen MR) is 130 cm³/mol. The molecule has 35 heavy (non-hydrogen) atoms. The molecule has 0 bridgehead atoms. The van der Waals surface area contributed by atoms with E-state index in [0.717, 1.165) is 0 Å². The number of sulfonamides is 1. The number of amides is 2. The Labute approximate surface area is 206 Å². The summed E-state index contributed by atoms with van der Waals surface area (Å²) < 4.78 is 38.6. The Morgan fingerprint density at radius 3 is 2.34 bits per heavy atom. The van der Waals surface area contributed by atoms with Crippen LogP contribution in [0.2, 0.25) is 5.02 Å². The van der Waals surface area contributed by atoms with E-state index in [9.17, 15) is 18.0 Å². The molecular formula is C24H20ClN3O6S. The summed E-state index contributed by atoms with van der Waals surface area (Å²) in [4.78, 5) is 24.3. The van der Waals surface area contributed by atoms with Gasteiger partial charge in [0.2, 0.25) is 6.10 Å². The van der Waals surface area contributed by atoms with E-state index in [1.807, 2.05) is 0 Å². The average molecular weight is 514 g/mol. The van der Waals surface area contributed by atoms with Gasteiger partial charge >= 0.3 is 0 Å². The third kappa shape index (κ3) is 6.11. The fourth-order valence-electron chi connectivity index (χ4n) is 3.07. The summed E-state index contributed by atoms with van der Waals surface area (Å²) in [5.74, 6) is -0.172. The van der Waals surface area contributed by atoms with Crippen LogP contribution < -0.4 is 25.0 Å². The predicted octanol–water partition coefficient (Wildman–Crippen LogP) is 3.14. The first-order valence-electron chi connectivity index (χ1n) is 10.4. The second-order valence-electron chi connectivity index (χ2n) is 7.33. The van der Waals surface area contributed by atoms with Crippen molar-refractivity contribution < 1.29 is 27.5 Å². The highest BCUT2D eigenvalue weighted by atomic mass is 35.5. The normalized spacial score (nSPS) is 14.8. The van der Waals surface area contributed by atoms with Gasteiger partial charge in [0.15, 0.2) is 11.5 Å². The van der Waals surface area contributed by atoms with Gasteiger partial charge in [-0.05, 0) is 48.0 Å². The topological polar surface area (TPSA) is 123 Å². The summed E-state index contributed by atoms with van der Waals surface area (Å²) in [6.45, 7) is 0.00908. The van der Waals surface area contributed by atoms with Crippen molar-refractivity contribution in [3.63, 3.8) is 0 Å². The molecule has 3 aromatic carbocycles. The quantitative estimate of drug-likeness (QED) is 0.344. The van der Waals surface area contributed by atoms with Gasteiger partial charge in [-0.2, -0.15) is 0 Å². The van der Waals surface area contributed by atoms with Gasteiger partial charge in [-0.3, -0.25) is 25.2 Å². The minimum atomic E-state index is -3.84. The maximum absolute atomic E-state index is 12.6. The van der Waals surface area contributed by atoms with Gasteiger partial charge in [0.25, 0.3) is 21.8 Å². The maximum atomic E-state index is 12.6. The standard InChI is InChI=1S/C24H20ClN3O6S/c25-18-5-1-2-6-19(18)28-35(31,32)17-12-9-16(10-13-17)11-14-23(29)26-27-24(30)22-15-33-20-7-3-4-8-21(20)34-22/h1-14,22,28H,15H2,(H,26,29)(H,27,30)/b14-11+/t22-/m1/s1. The Morgan fingerprint density at radius 1 is 0.914 bits per heavy atom. The van der Waals surface area contributed by atoms with Crippen molar-refractivity contribution in [2.45, 2.75) is 11.0 Å². The van der Waals surface area contributed by atoms with Crippen LogP contribution in [0.4, 0.5) is 5.69 Å². The highest BCUT2D eigenvalue weighted by Crippen LogP contribution is 2.30. The number of carbonyl (C=O) groups excluding carboxylic acids is 2. The van der Waals surface area contributed by atoms with Crippen LogP contribution in [0.3, 0.4) is 0 Å². The summed E-state index contributed by atoms with van der Waals surface area (Å²) in [5, 5.41) is 0.279. The molecule has 9 nitrogen and oxygen atoms in total. The van der Waals surface area contributed by atoms with Crippen LogP contribution >= 0.6 is 11.6 Å². The lowest BCUT2D eigenvalue weighted by molar-refractivity contribution is -0.134. The van der Waals surface area contributed by atoms with Crippen LogP contribution in [-0.4, -0.2) is 32.9 Å². The molecule has 0 radical (unpaired) electrons. The highest BCUT2D eigenvalue weighted by molar-refractivity contribution is 7.92. The third-order valence-electron chi connectivity index (χ3n) is 4.85. The summed E-state index contributed by atoms with van der Waals surface area (Å²) >= 11 is 6.01. The van der Waals surface area contributed by atoms with E-state index < -0.39 is 27.9 Å². The molecule has 0 saturated heterocycles. The minimum absolute atomic E-state index is 0.00908. The number of ether oxygens (including phenoxy) is 2. The molecule has 1 atom stereocenters. The second-order valence-corrected chi connectivity index (χ2v) is 9.42. The molecule has 180 valence electrons. The van der Waals surface area contributed by atoms with Gasteiger partial charge in [0, 0.05) is 6.08 Å². The molecule has 3 aromatic rings. The third-order valence-corrected chi connectivity index (χ3v) is 6.56. The van der Waals surface area contributed by atoms with E-state index >= 15 is 0 Å². The number of benzene rings is 3. The molecule has 1 aliphatic heterocycles. The molecule has 0 saturated carbocycles. The van der Waals surface area contributed by atoms with Gasteiger partial charge in [-0.1, -0.05) is 48.0 Å². The van der Waals surface area contributed by atoms with Crippen LogP contribution in [-0.2, 0) is 19.6 Å². The van der Waals surface area contributed by atoms with Crippen molar-refractivity contribution in [2.24, 2.45) is 0 Å². The molecule has 0 fully saturated rings. The van der Waals surface area contributed by atoms with Gasteiger partial charge in [0.05, 0.1) is 15.6 Å². The van der Waals surface area contributed by atoms with Crippen molar-refractivity contribution >= 4 is 45.2 Å². The van der Waals surface area contributed by atoms with Crippen molar-refractivity contribution in [3.8, 4) is 11.5 Å². The van der Waals surface area contributed by atoms with Crippen molar-refractivity contribution in [1.29, 1.82) is 0 Å².